The highest BCUT2D eigenvalue weighted by Crippen LogP contribution is 2.21. The number of hydrogen-bond donors (Lipinski definition) is 0. The number of ether oxygens (including phenoxy) is 1. The van der Waals surface area contributed by atoms with Crippen LogP contribution in [0.5, 0.6) is 0 Å². The lowest BCUT2D eigenvalue weighted by Crippen LogP contribution is -2.52. The Morgan fingerprint density at radius 1 is 1.24 bits per heavy atom. The van der Waals surface area contributed by atoms with Crippen molar-refractivity contribution < 1.29 is 17.9 Å². The number of morpholine rings is 1. The number of para-hydroxylation sites is 1. The van der Waals surface area contributed by atoms with Crippen LogP contribution in [0.2, 0.25) is 0 Å². The molecule has 0 spiro atoms. The fraction of sp³-hybridized carbons (Fsp3) is 0.500. The Morgan fingerprint density at radius 2 is 1.81 bits per heavy atom. The molecule has 1 amide bonds. The predicted molar refractivity (Wildman–Crippen MR) is 80.6 cm³/mol. The summed E-state index contributed by atoms with van der Waals surface area (Å²) in [5, 5.41) is 0. The molecule has 0 N–H and O–H groups in total. The van der Waals surface area contributed by atoms with Gasteiger partial charge in [0.05, 0.1) is 25.2 Å². The normalized spacial score (nSPS) is 17.3. The topological polar surface area (TPSA) is 66.9 Å². The van der Waals surface area contributed by atoms with E-state index in [4.69, 9.17) is 4.74 Å². The summed E-state index contributed by atoms with van der Waals surface area (Å²) in [5.41, 5.74) is 0.495. The first-order valence-corrected chi connectivity index (χ1v) is 8.67. The second-order valence-electron chi connectivity index (χ2n) is 5.01. The Bertz CT molecular complexity index is 582. The molecule has 0 bridgehead atoms. The maximum absolute atomic E-state index is 12.5. The first kappa shape index (κ1) is 15.8. The molecule has 0 aliphatic carbocycles. The molecule has 21 heavy (non-hydrogen) atoms. The van der Waals surface area contributed by atoms with Crippen molar-refractivity contribution in [2.75, 3.05) is 36.9 Å². The SMILES string of the molecule is C[C@H](C(=O)N1CCOCC1)N(c1ccccc1)S(C)(=O)=O. The predicted octanol–water partition coefficient (Wildman–Crippen LogP) is 0.700. The van der Waals surface area contributed by atoms with Crippen LogP contribution in [0.4, 0.5) is 5.69 Å². The summed E-state index contributed by atoms with van der Waals surface area (Å²) in [6.45, 7) is 3.59. The van der Waals surface area contributed by atoms with E-state index in [1.54, 1.807) is 42.2 Å². The highest BCUT2D eigenvalue weighted by atomic mass is 32.2. The van der Waals surface area contributed by atoms with Crippen LogP contribution in [-0.4, -0.2) is 57.8 Å². The molecule has 1 aliphatic rings. The third-order valence-electron chi connectivity index (χ3n) is 3.40. The van der Waals surface area contributed by atoms with E-state index in [1.165, 1.54) is 4.31 Å². The number of benzene rings is 1. The van der Waals surface area contributed by atoms with Gasteiger partial charge in [-0.25, -0.2) is 8.42 Å². The maximum atomic E-state index is 12.5. The highest BCUT2D eigenvalue weighted by Gasteiger charge is 2.32. The number of hydrogen-bond acceptors (Lipinski definition) is 4. The van der Waals surface area contributed by atoms with Crippen LogP contribution < -0.4 is 4.31 Å². The van der Waals surface area contributed by atoms with Gasteiger partial charge in [0, 0.05) is 13.1 Å². The fourth-order valence-electron chi connectivity index (χ4n) is 2.43. The minimum atomic E-state index is -3.55. The van der Waals surface area contributed by atoms with Gasteiger partial charge in [-0.3, -0.25) is 9.10 Å². The molecule has 1 fully saturated rings. The zero-order valence-electron chi connectivity index (χ0n) is 12.2. The smallest absolute Gasteiger partial charge is 0.246 e. The molecule has 1 atom stereocenters. The van der Waals surface area contributed by atoms with Gasteiger partial charge in [-0.1, -0.05) is 18.2 Å². The molecule has 0 saturated carbocycles. The summed E-state index contributed by atoms with van der Waals surface area (Å²) in [6, 6.07) is 7.89. The molecular weight excluding hydrogens is 292 g/mol. The number of rotatable bonds is 4. The second-order valence-corrected chi connectivity index (χ2v) is 6.87. The van der Waals surface area contributed by atoms with Crippen molar-refractivity contribution in [2.24, 2.45) is 0 Å². The van der Waals surface area contributed by atoms with Crippen LogP contribution in [0.15, 0.2) is 30.3 Å². The monoisotopic (exact) mass is 312 g/mol. The zero-order valence-corrected chi connectivity index (χ0v) is 13.0. The van der Waals surface area contributed by atoms with Gasteiger partial charge < -0.3 is 9.64 Å². The molecule has 6 nitrogen and oxygen atoms in total. The van der Waals surface area contributed by atoms with Crippen LogP contribution in [0.1, 0.15) is 6.92 Å². The second kappa shape index (κ2) is 6.44. The third kappa shape index (κ3) is 3.74. The molecule has 0 radical (unpaired) electrons. The number of amides is 1. The Balaban J connectivity index is 2.27. The quantitative estimate of drug-likeness (QED) is 0.821. The van der Waals surface area contributed by atoms with Crippen LogP contribution in [-0.2, 0) is 19.6 Å². The number of nitrogens with zero attached hydrogens (tertiary/aromatic N) is 2. The number of sulfonamides is 1. The summed E-state index contributed by atoms with van der Waals surface area (Å²) in [4.78, 5) is 14.2. The summed E-state index contributed by atoms with van der Waals surface area (Å²) in [7, 11) is -3.55. The Labute approximate surface area is 125 Å². The standard InChI is InChI=1S/C14H20N2O4S/c1-12(14(17)15-8-10-20-11-9-15)16(21(2,18)19)13-6-4-3-5-7-13/h3-7,12H,8-11H2,1-2H3/t12-/m1/s1. The lowest BCUT2D eigenvalue weighted by molar-refractivity contribution is -0.136. The maximum Gasteiger partial charge on any atom is 0.246 e. The van der Waals surface area contributed by atoms with Gasteiger partial charge >= 0.3 is 0 Å². The molecule has 1 aromatic carbocycles. The van der Waals surface area contributed by atoms with Crippen LogP contribution in [0.3, 0.4) is 0 Å². The molecule has 7 heteroatoms. The van der Waals surface area contributed by atoms with Crippen LogP contribution in [0.25, 0.3) is 0 Å². The van der Waals surface area contributed by atoms with E-state index in [0.29, 0.717) is 32.0 Å². The van der Waals surface area contributed by atoms with E-state index >= 15 is 0 Å². The zero-order chi connectivity index (χ0) is 15.5. The summed E-state index contributed by atoms with van der Waals surface area (Å²) >= 11 is 0. The molecule has 0 aromatic heterocycles. The van der Waals surface area contributed by atoms with Crippen molar-refractivity contribution in [3.8, 4) is 0 Å². The summed E-state index contributed by atoms with van der Waals surface area (Å²) in [5.74, 6) is -0.201. The van der Waals surface area contributed by atoms with Crippen molar-refractivity contribution in [1.82, 2.24) is 4.90 Å². The average Bonchev–Trinajstić information content (AvgIpc) is 2.47. The van der Waals surface area contributed by atoms with E-state index in [0.717, 1.165) is 6.26 Å². The summed E-state index contributed by atoms with van der Waals surface area (Å²) in [6.07, 6.45) is 1.11. The lowest BCUT2D eigenvalue weighted by atomic mass is 10.2. The Hall–Kier alpha value is -1.60. The van der Waals surface area contributed by atoms with Crippen LogP contribution in [0, 0.1) is 0 Å². The Morgan fingerprint density at radius 3 is 2.33 bits per heavy atom. The number of anilines is 1. The first-order chi connectivity index (χ1) is 9.91. The van der Waals surface area contributed by atoms with Gasteiger partial charge in [0.2, 0.25) is 15.9 Å². The van der Waals surface area contributed by atoms with Crippen molar-refractivity contribution in [3.63, 3.8) is 0 Å². The van der Waals surface area contributed by atoms with E-state index in [1.807, 2.05) is 0 Å². The lowest BCUT2D eigenvalue weighted by Gasteiger charge is -2.34. The first-order valence-electron chi connectivity index (χ1n) is 6.82. The molecule has 0 unspecified atom stereocenters. The van der Waals surface area contributed by atoms with E-state index in [2.05, 4.69) is 0 Å². The Kier molecular flexibility index (Phi) is 4.84. The highest BCUT2D eigenvalue weighted by molar-refractivity contribution is 7.92. The molecule has 1 aliphatic heterocycles. The van der Waals surface area contributed by atoms with Crippen LogP contribution >= 0.6 is 0 Å². The molecule has 1 heterocycles. The minimum absolute atomic E-state index is 0.201. The van der Waals surface area contributed by atoms with E-state index < -0.39 is 16.1 Å². The van der Waals surface area contributed by atoms with Gasteiger partial charge in [-0.05, 0) is 19.1 Å². The third-order valence-corrected chi connectivity index (χ3v) is 4.64. The number of carbonyl (C=O) groups is 1. The molecule has 1 saturated heterocycles. The average molecular weight is 312 g/mol. The van der Waals surface area contributed by atoms with Crippen molar-refractivity contribution in [2.45, 2.75) is 13.0 Å². The largest absolute Gasteiger partial charge is 0.378 e. The van der Waals surface area contributed by atoms with Gasteiger partial charge in [0.25, 0.3) is 0 Å². The molecule has 2 rings (SSSR count). The van der Waals surface area contributed by atoms with Crippen molar-refractivity contribution >= 4 is 21.6 Å². The minimum Gasteiger partial charge on any atom is -0.378 e. The van der Waals surface area contributed by atoms with Crippen molar-refractivity contribution in [1.29, 1.82) is 0 Å². The summed E-state index contributed by atoms with van der Waals surface area (Å²) < 4.78 is 30.6. The van der Waals surface area contributed by atoms with E-state index in [-0.39, 0.29) is 5.91 Å². The molecule has 116 valence electrons. The van der Waals surface area contributed by atoms with Crippen molar-refractivity contribution in [3.05, 3.63) is 30.3 Å². The number of carbonyl (C=O) groups excluding carboxylic acids is 1. The molecule has 1 aromatic rings. The van der Waals surface area contributed by atoms with Gasteiger partial charge in [-0.2, -0.15) is 0 Å². The molecular formula is C14H20N2O4S. The van der Waals surface area contributed by atoms with Gasteiger partial charge in [-0.15, -0.1) is 0 Å². The van der Waals surface area contributed by atoms with E-state index in [9.17, 15) is 13.2 Å². The fourth-order valence-corrected chi connectivity index (χ4v) is 3.59. The van der Waals surface area contributed by atoms with Gasteiger partial charge in [0.15, 0.2) is 0 Å². The van der Waals surface area contributed by atoms with Gasteiger partial charge in [0.1, 0.15) is 6.04 Å².